The van der Waals surface area contributed by atoms with Crippen molar-refractivity contribution in [3.63, 3.8) is 0 Å². The Kier molecular flexibility index (Phi) is 7.13. The number of nitro groups is 1. The van der Waals surface area contributed by atoms with Crippen LogP contribution in [0.25, 0.3) is 27.5 Å². The maximum atomic E-state index is 13.5. The number of nitrogen functional groups attached to an aromatic ring is 1. The molecule has 0 bridgehead atoms. The molecule has 1 aliphatic heterocycles. The number of fused-ring (bicyclic) bond motifs is 5. The molecule has 0 atom stereocenters. The molecule has 8 nitrogen and oxygen atoms in total. The smallest absolute Gasteiger partial charge is 0.335 e. The summed E-state index contributed by atoms with van der Waals surface area (Å²) in [5.41, 5.74) is 13.2. The van der Waals surface area contributed by atoms with E-state index in [4.69, 9.17) is 15.6 Å². The minimum Gasteiger partial charge on any atom is -0.478 e. The number of carbonyl (C=O) groups excluding carboxylic acids is 1. The van der Waals surface area contributed by atoms with Crippen molar-refractivity contribution < 1.29 is 24.4 Å². The van der Waals surface area contributed by atoms with Crippen molar-refractivity contribution in [3.05, 3.63) is 129 Å². The number of hydrogen-bond donors (Lipinski definition) is 2. The largest absolute Gasteiger partial charge is 0.478 e. The van der Waals surface area contributed by atoms with Gasteiger partial charge in [-0.25, -0.2) is 4.79 Å². The van der Waals surface area contributed by atoms with Gasteiger partial charge in [-0.05, 0) is 68.8 Å². The number of carbonyl (C=O) groups is 2. The molecule has 4 aromatic carbocycles. The molecule has 3 aliphatic rings. The van der Waals surface area contributed by atoms with Gasteiger partial charge in [0, 0.05) is 41.6 Å². The molecule has 0 unspecified atom stereocenters. The first-order valence-corrected chi connectivity index (χ1v) is 14.2. The van der Waals surface area contributed by atoms with Crippen LogP contribution >= 0.6 is 0 Å². The number of hydrogen-bond acceptors (Lipinski definition) is 6. The summed E-state index contributed by atoms with van der Waals surface area (Å²) in [4.78, 5) is 35.0. The number of Topliss-reactive ketones (excluding diaryl/α,β-unsaturated/α-hetero) is 1. The molecule has 0 radical (unpaired) electrons. The Hall–Kier alpha value is -5.50. The van der Waals surface area contributed by atoms with Crippen LogP contribution in [0.4, 0.5) is 11.4 Å². The Balaban J connectivity index is 0.000000220. The maximum Gasteiger partial charge on any atom is 0.335 e. The molecule has 8 heteroatoms. The molecule has 7 rings (SSSR count). The molecular formula is C36H30N2O6. The monoisotopic (exact) mass is 586 g/mol. The van der Waals surface area contributed by atoms with Gasteiger partial charge in [0.1, 0.15) is 12.0 Å². The van der Waals surface area contributed by atoms with Crippen LogP contribution in [-0.2, 0) is 11.2 Å². The Bertz CT molecular complexity index is 1980. The lowest BCUT2D eigenvalue weighted by atomic mass is 9.68. The highest BCUT2D eigenvalue weighted by molar-refractivity contribution is 6.20. The van der Waals surface area contributed by atoms with Crippen LogP contribution in [0.15, 0.2) is 102 Å². The number of ether oxygens (including phenoxy) is 1. The van der Waals surface area contributed by atoms with E-state index in [-0.39, 0.29) is 16.9 Å². The number of ketones is 1. The molecule has 220 valence electrons. The van der Waals surface area contributed by atoms with Crippen LogP contribution in [0.1, 0.15) is 48.2 Å². The predicted octanol–water partition coefficient (Wildman–Crippen LogP) is 7.91. The van der Waals surface area contributed by atoms with Crippen molar-refractivity contribution in [2.75, 3.05) is 5.73 Å². The standard InChI is InChI=1S/C26H22N2O3.C10H8O3/c1-26(2)10-4-7-19-20-9-8-16-11-17(27)13-21(15-5-3-6-18(12-15)28(30)31)24(16)25(20)23(29)14-22(19)26;11-10(12)8-5-7-3-1-2-4-9(7)13-6-8/h3-9,11-13H,10,14,27H2,1-2H3;1-4,6H,5H2,(H,11,12). The molecule has 0 spiro atoms. The van der Waals surface area contributed by atoms with Crippen molar-refractivity contribution >= 4 is 39.5 Å². The number of allylic oxidation sites excluding steroid dienone is 4. The number of nitrogens with two attached hydrogens (primary N) is 1. The number of nitrogens with zero attached hydrogens (tertiary/aromatic N) is 1. The lowest BCUT2D eigenvalue weighted by Crippen LogP contribution is -2.24. The van der Waals surface area contributed by atoms with Crippen LogP contribution < -0.4 is 10.5 Å². The number of benzene rings is 4. The highest BCUT2D eigenvalue weighted by Crippen LogP contribution is 2.48. The van der Waals surface area contributed by atoms with Gasteiger partial charge in [0.25, 0.3) is 5.69 Å². The van der Waals surface area contributed by atoms with E-state index in [0.29, 0.717) is 35.2 Å². The third kappa shape index (κ3) is 5.15. The van der Waals surface area contributed by atoms with Gasteiger partial charge in [-0.1, -0.05) is 68.5 Å². The average molecular weight is 587 g/mol. The van der Waals surface area contributed by atoms with E-state index in [9.17, 15) is 19.7 Å². The second-order valence-corrected chi connectivity index (χ2v) is 11.8. The first kappa shape index (κ1) is 28.6. The number of carboxylic acid groups (broad SMARTS) is 1. The number of nitro benzene ring substituents is 1. The Labute approximate surface area is 253 Å². The highest BCUT2D eigenvalue weighted by atomic mass is 16.6. The molecule has 0 fully saturated rings. The van der Waals surface area contributed by atoms with Crippen LogP contribution in [-0.4, -0.2) is 21.8 Å². The average Bonchev–Trinajstić information content (AvgIpc) is 3.01. The predicted molar refractivity (Wildman–Crippen MR) is 170 cm³/mol. The normalized spacial score (nSPS) is 16.0. The van der Waals surface area contributed by atoms with Gasteiger partial charge in [0.15, 0.2) is 5.78 Å². The van der Waals surface area contributed by atoms with Crippen LogP contribution in [0, 0.1) is 15.5 Å². The number of para-hydroxylation sites is 1. The summed E-state index contributed by atoms with van der Waals surface area (Å²) in [6, 6.07) is 21.6. The molecule has 0 amide bonds. The molecule has 0 saturated carbocycles. The second-order valence-electron chi connectivity index (χ2n) is 11.8. The number of carboxylic acids is 1. The SMILES string of the molecule is CC1(C)CC=CC2=C1CC(=O)c1c2ccc2cc(N)cc(-c3cccc([N+](=O)[O-])c3)c12.O=C(O)C1=COc2ccccc2C1. The van der Waals surface area contributed by atoms with Gasteiger partial charge in [0.05, 0.1) is 10.5 Å². The number of rotatable bonds is 3. The van der Waals surface area contributed by atoms with Crippen molar-refractivity contribution in [1.29, 1.82) is 0 Å². The molecule has 2 aliphatic carbocycles. The van der Waals surface area contributed by atoms with Crippen molar-refractivity contribution in [2.45, 2.75) is 33.1 Å². The van der Waals surface area contributed by atoms with E-state index in [0.717, 1.165) is 45.2 Å². The Morgan fingerprint density at radius 2 is 1.80 bits per heavy atom. The van der Waals surface area contributed by atoms with Crippen LogP contribution in [0.5, 0.6) is 5.75 Å². The number of non-ortho nitro benzene ring substituents is 1. The first-order valence-electron chi connectivity index (χ1n) is 14.2. The molecule has 3 N–H and O–H groups in total. The topological polar surface area (TPSA) is 133 Å². The van der Waals surface area contributed by atoms with Gasteiger partial charge < -0.3 is 15.6 Å². The molecule has 1 heterocycles. The number of anilines is 1. The van der Waals surface area contributed by atoms with Crippen LogP contribution in [0.2, 0.25) is 0 Å². The van der Waals surface area contributed by atoms with E-state index in [1.54, 1.807) is 12.1 Å². The number of aliphatic carboxylic acids is 1. The molecule has 4 aromatic rings. The summed E-state index contributed by atoms with van der Waals surface area (Å²) in [6.45, 7) is 4.36. The minimum absolute atomic E-state index is 0.00570. The highest BCUT2D eigenvalue weighted by Gasteiger charge is 2.35. The van der Waals surface area contributed by atoms with Gasteiger partial charge in [-0.15, -0.1) is 0 Å². The minimum atomic E-state index is -0.922. The fraction of sp³-hybridized carbons (Fsp3) is 0.167. The fourth-order valence-electron chi connectivity index (χ4n) is 6.19. The summed E-state index contributed by atoms with van der Waals surface area (Å²) in [5.74, 6) is -0.0961. The third-order valence-corrected chi connectivity index (χ3v) is 8.43. The zero-order valence-electron chi connectivity index (χ0n) is 24.3. The van der Waals surface area contributed by atoms with E-state index >= 15 is 0 Å². The fourth-order valence-corrected chi connectivity index (χ4v) is 6.19. The van der Waals surface area contributed by atoms with Gasteiger partial charge >= 0.3 is 5.97 Å². The van der Waals surface area contributed by atoms with Gasteiger partial charge in [-0.3, -0.25) is 14.9 Å². The summed E-state index contributed by atoms with van der Waals surface area (Å²) < 4.78 is 5.15. The Morgan fingerprint density at radius 1 is 1.00 bits per heavy atom. The van der Waals surface area contributed by atoms with Crippen molar-refractivity contribution in [1.82, 2.24) is 0 Å². The lowest BCUT2D eigenvalue weighted by Gasteiger charge is -2.35. The summed E-state index contributed by atoms with van der Waals surface area (Å²) >= 11 is 0. The van der Waals surface area contributed by atoms with Gasteiger partial charge in [0.2, 0.25) is 0 Å². The third-order valence-electron chi connectivity index (χ3n) is 8.43. The van der Waals surface area contributed by atoms with E-state index in [2.05, 4.69) is 26.0 Å². The van der Waals surface area contributed by atoms with Gasteiger partial charge in [-0.2, -0.15) is 0 Å². The molecule has 0 aromatic heterocycles. The lowest BCUT2D eigenvalue weighted by molar-refractivity contribution is -0.384. The summed E-state index contributed by atoms with van der Waals surface area (Å²) in [7, 11) is 0. The van der Waals surface area contributed by atoms with E-state index in [1.165, 1.54) is 24.0 Å². The maximum absolute atomic E-state index is 13.5. The second kappa shape index (κ2) is 11.0. The first-order chi connectivity index (χ1) is 21.0. The zero-order chi connectivity index (χ0) is 31.2. The van der Waals surface area contributed by atoms with Crippen molar-refractivity contribution in [3.8, 4) is 16.9 Å². The van der Waals surface area contributed by atoms with E-state index < -0.39 is 10.9 Å². The van der Waals surface area contributed by atoms with Crippen molar-refractivity contribution in [2.24, 2.45) is 5.41 Å². The van der Waals surface area contributed by atoms with E-state index in [1.807, 2.05) is 48.5 Å². The van der Waals surface area contributed by atoms with Crippen LogP contribution in [0.3, 0.4) is 0 Å². The summed E-state index contributed by atoms with van der Waals surface area (Å²) in [6.07, 6.45) is 7.33. The summed E-state index contributed by atoms with van der Waals surface area (Å²) in [5, 5.41) is 21.7. The zero-order valence-corrected chi connectivity index (χ0v) is 24.3. The molecular weight excluding hydrogens is 556 g/mol. The molecule has 0 saturated heterocycles. The molecule has 44 heavy (non-hydrogen) atoms. The Morgan fingerprint density at radius 3 is 2.57 bits per heavy atom. The quantitative estimate of drug-likeness (QED) is 0.142.